The maximum absolute atomic E-state index is 11.5. The third kappa shape index (κ3) is 4.22. The highest BCUT2D eigenvalue weighted by atomic mass is 32.2. The second-order valence-corrected chi connectivity index (χ2v) is 6.61. The number of pyridine rings is 1. The maximum atomic E-state index is 11.5. The molecule has 0 unspecified atom stereocenters. The van der Waals surface area contributed by atoms with Crippen LogP contribution in [-0.4, -0.2) is 38.1 Å². The van der Waals surface area contributed by atoms with Gasteiger partial charge < -0.3 is 10.1 Å². The normalized spacial score (nSPS) is 11.5. The number of hydrogen-bond donors (Lipinski definition) is 1. The molecule has 0 saturated carbocycles. The molecule has 1 aromatic heterocycles. The SMILES string of the molecule is COc1ccc(NCCS(=O)(=O)C(C)C)cn1. The molecule has 1 heterocycles. The van der Waals surface area contributed by atoms with Crippen molar-refractivity contribution in [3.05, 3.63) is 18.3 Å². The van der Waals surface area contributed by atoms with E-state index in [0.29, 0.717) is 12.4 Å². The van der Waals surface area contributed by atoms with Crippen LogP contribution in [-0.2, 0) is 9.84 Å². The fraction of sp³-hybridized carbons (Fsp3) is 0.545. The van der Waals surface area contributed by atoms with Crippen LogP contribution in [0.1, 0.15) is 13.8 Å². The van der Waals surface area contributed by atoms with Crippen LogP contribution >= 0.6 is 0 Å². The minimum Gasteiger partial charge on any atom is -0.481 e. The minimum atomic E-state index is -2.99. The summed E-state index contributed by atoms with van der Waals surface area (Å²) in [4.78, 5) is 4.01. The minimum absolute atomic E-state index is 0.122. The standard InChI is InChI=1S/C11H18N2O3S/c1-9(2)17(14,15)7-6-12-10-4-5-11(16-3)13-8-10/h4-5,8-9,12H,6-7H2,1-3H3. The zero-order chi connectivity index (χ0) is 12.9. The van der Waals surface area contributed by atoms with Crippen molar-refractivity contribution in [3.63, 3.8) is 0 Å². The van der Waals surface area contributed by atoms with Crippen molar-refractivity contribution in [2.75, 3.05) is 24.7 Å². The van der Waals surface area contributed by atoms with Gasteiger partial charge in [-0.25, -0.2) is 13.4 Å². The van der Waals surface area contributed by atoms with E-state index < -0.39 is 9.84 Å². The summed E-state index contributed by atoms with van der Waals surface area (Å²) in [6, 6.07) is 3.52. The second kappa shape index (κ2) is 5.86. The van der Waals surface area contributed by atoms with Crippen LogP contribution in [0.3, 0.4) is 0 Å². The predicted molar refractivity (Wildman–Crippen MR) is 68.2 cm³/mol. The van der Waals surface area contributed by atoms with Gasteiger partial charge in [-0.3, -0.25) is 0 Å². The summed E-state index contributed by atoms with van der Waals surface area (Å²) in [5.41, 5.74) is 0.782. The Hall–Kier alpha value is -1.30. The number of rotatable bonds is 6. The molecule has 0 aliphatic carbocycles. The molecular weight excluding hydrogens is 240 g/mol. The van der Waals surface area contributed by atoms with E-state index in [-0.39, 0.29) is 11.0 Å². The van der Waals surface area contributed by atoms with Crippen molar-refractivity contribution in [1.82, 2.24) is 4.98 Å². The molecule has 0 spiro atoms. The lowest BCUT2D eigenvalue weighted by Crippen LogP contribution is -2.22. The number of hydrogen-bond acceptors (Lipinski definition) is 5. The number of anilines is 1. The average Bonchev–Trinajstić information content (AvgIpc) is 2.29. The van der Waals surface area contributed by atoms with E-state index >= 15 is 0 Å². The van der Waals surface area contributed by atoms with E-state index in [1.165, 1.54) is 0 Å². The van der Waals surface area contributed by atoms with Gasteiger partial charge in [0, 0.05) is 12.6 Å². The first-order valence-electron chi connectivity index (χ1n) is 5.41. The summed E-state index contributed by atoms with van der Waals surface area (Å²) in [7, 11) is -1.44. The van der Waals surface area contributed by atoms with Crippen molar-refractivity contribution in [1.29, 1.82) is 0 Å². The summed E-state index contributed by atoms with van der Waals surface area (Å²) in [6.07, 6.45) is 1.61. The fourth-order valence-electron chi connectivity index (χ4n) is 1.18. The van der Waals surface area contributed by atoms with Crippen LogP contribution in [0.2, 0.25) is 0 Å². The summed E-state index contributed by atoms with van der Waals surface area (Å²) < 4.78 is 28.0. The molecule has 0 aliphatic heterocycles. The monoisotopic (exact) mass is 258 g/mol. The highest BCUT2D eigenvalue weighted by molar-refractivity contribution is 7.92. The van der Waals surface area contributed by atoms with Crippen LogP contribution in [0.15, 0.2) is 18.3 Å². The highest BCUT2D eigenvalue weighted by Gasteiger charge is 2.14. The van der Waals surface area contributed by atoms with E-state index in [1.54, 1.807) is 39.3 Å². The Morgan fingerprint density at radius 3 is 2.59 bits per heavy atom. The van der Waals surface area contributed by atoms with Gasteiger partial charge in [0.15, 0.2) is 9.84 Å². The Labute approximate surface area is 102 Å². The summed E-state index contributed by atoms with van der Waals surface area (Å²) in [5.74, 6) is 0.654. The first-order chi connectivity index (χ1) is 7.95. The molecule has 5 nitrogen and oxygen atoms in total. The van der Waals surface area contributed by atoms with E-state index in [4.69, 9.17) is 4.74 Å². The molecule has 0 amide bonds. The molecular formula is C11H18N2O3S. The van der Waals surface area contributed by atoms with Gasteiger partial charge >= 0.3 is 0 Å². The second-order valence-electron chi connectivity index (χ2n) is 3.93. The van der Waals surface area contributed by atoms with Gasteiger partial charge in [0.25, 0.3) is 0 Å². The Morgan fingerprint density at radius 2 is 2.12 bits per heavy atom. The lowest BCUT2D eigenvalue weighted by Gasteiger charge is -2.09. The van der Waals surface area contributed by atoms with Gasteiger partial charge in [-0.15, -0.1) is 0 Å². The molecule has 1 rings (SSSR count). The number of methoxy groups -OCH3 is 1. The topological polar surface area (TPSA) is 68.3 Å². The molecule has 17 heavy (non-hydrogen) atoms. The molecule has 1 aromatic rings. The van der Waals surface area contributed by atoms with Crippen LogP contribution < -0.4 is 10.1 Å². The molecule has 1 N–H and O–H groups in total. The average molecular weight is 258 g/mol. The largest absolute Gasteiger partial charge is 0.481 e. The van der Waals surface area contributed by atoms with E-state index in [1.807, 2.05) is 0 Å². The van der Waals surface area contributed by atoms with Crippen LogP contribution in [0.5, 0.6) is 5.88 Å². The summed E-state index contributed by atoms with van der Waals surface area (Å²) in [6.45, 7) is 3.75. The third-order valence-corrected chi connectivity index (χ3v) is 4.59. The number of ether oxygens (including phenoxy) is 1. The van der Waals surface area contributed by atoms with Crippen molar-refractivity contribution >= 4 is 15.5 Å². The molecule has 0 atom stereocenters. The summed E-state index contributed by atoms with van der Waals surface area (Å²) >= 11 is 0. The summed E-state index contributed by atoms with van der Waals surface area (Å²) in [5, 5.41) is 2.67. The number of nitrogens with zero attached hydrogens (tertiary/aromatic N) is 1. The molecule has 0 saturated heterocycles. The smallest absolute Gasteiger partial charge is 0.213 e. The van der Waals surface area contributed by atoms with Crippen molar-refractivity contribution in [2.24, 2.45) is 0 Å². The number of sulfone groups is 1. The highest BCUT2D eigenvalue weighted by Crippen LogP contribution is 2.10. The fourth-order valence-corrected chi connectivity index (χ4v) is 2.04. The van der Waals surface area contributed by atoms with E-state index in [9.17, 15) is 8.42 Å². The first kappa shape index (κ1) is 13.8. The van der Waals surface area contributed by atoms with Gasteiger partial charge in [-0.2, -0.15) is 0 Å². The molecule has 0 fully saturated rings. The first-order valence-corrected chi connectivity index (χ1v) is 7.12. The third-order valence-electron chi connectivity index (χ3n) is 2.38. The van der Waals surface area contributed by atoms with Crippen LogP contribution in [0.25, 0.3) is 0 Å². The van der Waals surface area contributed by atoms with Gasteiger partial charge in [0.2, 0.25) is 5.88 Å². The quantitative estimate of drug-likeness (QED) is 0.833. The number of nitrogens with one attached hydrogen (secondary N) is 1. The van der Waals surface area contributed by atoms with Gasteiger partial charge in [-0.05, 0) is 19.9 Å². The van der Waals surface area contributed by atoms with E-state index in [2.05, 4.69) is 10.3 Å². The molecule has 6 heteroatoms. The van der Waals surface area contributed by atoms with Crippen LogP contribution in [0, 0.1) is 0 Å². The van der Waals surface area contributed by atoms with Crippen molar-refractivity contribution in [2.45, 2.75) is 19.1 Å². The van der Waals surface area contributed by atoms with Crippen molar-refractivity contribution in [3.8, 4) is 5.88 Å². The Kier molecular flexibility index (Phi) is 4.74. The molecule has 0 aliphatic rings. The van der Waals surface area contributed by atoms with Gasteiger partial charge in [0.05, 0.1) is 30.0 Å². The Bertz CT molecular complexity index is 440. The lowest BCUT2D eigenvalue weighted by atomic mass is 10.4. The molecule has 0 aromatic carbocycles. The Morgan fingerprint density at radius 1 is 1.41 bits per heavy atom. The Balaban J connectivity index is 2.46. The zero-order valence-corrected chi connectivity index (χ0v) is 11.1. The van der Waals surface area contributed by atoms with E-state index in [0.717, 1.165) is 5.69 Å². The molecule has 96 valence electrons. The number of aromatic nitrogens is 1. The molecule has 0 radical (unpaired) electrons. The van der Waals surface area contributed by atoms with Crippen LogP contribution in [0.4, 0.5) is 5.69 Å². The molecule has 0 bridgehead atoms. The lowest BCUT2D eigenvalue weighted by molar-refractivity contribution is 0.398. The van der Waals surface area contributed by atoms with Crippen molar-refractivity contribution < 1.29 is 13.2 Å². The van der Waals surface area contributed by atoms with Gasteiger partial charge in [0.1, 0.15) is 0 Å². The van der Waals surface area contributed by atoms with Gasteiger partial charge in [-0.1, -0.05) is 0 Å². The zero-order valence-electron chi connectivity index (χ0n) is 10.3. The predicted octanol–water partition coefficient (Wildman–Crippen LogP) is 1.33. The maximum Gasteiger partial charge on any atom is 0.213 e.